The van der Waals surface area contributed by atoms with Crippen LogP contribution in [0.1, 0.15) is 28.4 Å². The Morgan fingerprint density at radius 1 is 1.00 bits per heavy atom. The summed E-state index contributed by atoms with van der Waals surface area (Å²) < 4.78 is 42.7. The lowest BCUT2D eigenvalue weighted by atomic mass is 9.99. The van der Waals surface area contributed by atoms with Gasteiger partial charge in [-0.2, -0.15) is 13.2 Å². The van der Waals surface area contributed by atoms with Crippen molar-refractivity contribution < 1.29 is 23.0 Å². The Balaban J connectivity index is 2.29. The number of rotatable bonds is 3. The summed E-state index contributed by atoms with van der Waals surface area (Å²) in [5.41, 5.74) is 1.15. The van der Waals surface area contributed by atoms with E-state index in [4.69, 9.17) is 4.74 Å². The Bertz CT molecular complexity index is 618. The summed E-state index contributed by atoms with van der Waals surface area (Å²) in [7, 11) is 1.52. The second-order valence-corrected chi connectivity index (χ2v) is 4.75. The van der Waals surface area contributed by atoms with E-state index in [1.54, 1.807) is 18.2 Å². The van der Waals surface area contributed by atoms with Gasteiger partial charge in [0, 0.05) is 0 Å². The van der Waals surface area contributed by atoms with E-state index >= 15 is 0 Å². The van der Waals surface area contributed by atoms with Gasteiger partial charge in [-0.25, -0.2) is 0 Å². The fourth-order valence-corrected chi connectivity index (χ4v) is 2.05. The van der Waals surface area contributed by atoms with E-state index in [2.05, 4.69) is 0 Å². The third kappa shape index (κ3) is 3.36. The van der Waals surface area contributed by atoms with Crippen LogP contribution in [0.4, 0.5) is 13.2 Å². The van der Waals surface area contributed by atoms with E-state index in [-0.39, 0.29) is 0 Å². The molecule has 21 heavy (non-hydrogen) atoms. The molecule has 1 atom stereocenters. The van der Waals surface area contributed by atoms with E-state index < -0.39 is 17.8 Å². The zero-order chi connectivity index (χ0) is 15.6. The van der Waals surface area contributed by atoms with Crippen LogP contribution >= 0.6 is 0 Å². The zero-order valence-corrected chi connectivity index (χ0v) is 11.6. The van der Waals surface area contributed by atoms with Crippen LogP contribution in [0.2, 0.25) is 0 Å². The van der Waals surface area contributed by atoms with Gasteiger partial charge in [-0.15, -0.1) is 0 Å². The maximum Gasteiger partial charge on any atom is 0.416 e. The normalized spacial score (nSPS) is 13.0. The first-order valence-electron chi connectivity index (χ1n) is 6.32. The number of hydrogen-bond acceptors (Lipinski definition) is 2. The van der Waals surface area contributed by atoms with Crippen LogP contribution < -0.4 is 4.74 Å². The molecular formula is C16H15F3O2. The minimum Gasteiger partial charge on any atom is -0.496 e. The number of halogens is 3. The van der Waals surface area contributed by atoms with E-state index in [1.165, 1.54) is 19.2 Å². The Kier molecular flexibility index (Phi) is 4.23. The molecule has 0 amide bonds. The summed E-state index contributed by atoms with van der Waals surface area (Å²) in [6.07, 6.45) is -5.38. The monoisotopic (exact) mass is 296 g/mol. The standard InChI is InChI=1S/C16H15F3O2/c1-10-3-4-12(9-14(10)21-2)15(20)11-5-7-13(8-6-11)16(17,18)19/h3-9,15,20H,1-2H3. The third-order valence-electron chi connectivity index (χ3n) is 3.30. The second-order valence-electron chi connectivity index (χ2n) is 4.75. The molecule has 0 heterocycles. The van der Waals surface area contributed by atoms with Crippen LogP contribution in [-0.2, 0) is 6.18 Å². The number of aliphatic hydroxyl groups is 1. The fourth-order valence-electron chi connectivity index (χ4n) is 2.05. The maximum atomic E-state index is 12.5. The molecule has 0 aliphatic heterocycles. The number of aliphatic hydroxyl groups excluding tert-OH is 1. The van der Waals surface area contributed by atoms with Crippen molar-refractivity contribution in [3.8, 4) is 5.75 Å². The van der Waals surface area contributed by atoms with Crippen LogP contribution in [0.25, 0.3) is 0 Å². The van der Waals surface area contributed by atoms with Crippen molar-refractivity contribution in [1.82, 2.24) is 0 Å². The van der Waals surface area contributed by atoms with E-state index in [0.717, 1.165) is 17.7 Å². The molecule has 0 spiro atoms. The van der Waals surface area contributed by atoms with E-state index in [1.807, 2.05) is 6.92 Å². The summed E-state index contributed by atoms with van der Waals surface area (Å²) in [5, 5.41) is 10.3. The SMILES string of the molecule is COc1cc(C(O)c2ccc(C(F)(F)F)cc2)ccc1C. The molecule has 0 fully saturated rings. The Hall–Kier alpha value is -2.01. The smallest absolute Gasteiger partial charge is 0.416 e. The molecule has 2 nitrogen and oxygen atoms in total. The van der Waals surface area contributed by atoms with Gasteiger partial charge in [0.05, 0.1) is 12.7 Å². The first kappa shape index (κ1) is 15.4. The molecule has 0 aliphatic carbocycles. The number of benzene rings is 2. The predicted molar refractivity (Wildman–Crippen MR) is 73.2 cm³/mol. The molecule has 1 unspecified atom stereocenters. The van der Waals surface area contributed by atoms with Crippen molar-refractivity contribution in [2.24, 2.45) is 0 Å². The molecule has 0 aromatic heterocycles. The van der Waals surface area contributed by atoms with Crippen LogP contribution in [-0.4, -0.2) is 12.2 Å². The topological polar surface area (TPSA) is 29.5 Å². The van der Waals surface area contributed by atoms with E-state index in [9.17, 15) is 18.3 Å². The molecule has 1 N–H and O–H groups in total. The van der Waals surface area contributed by atoms with E-state index in [0.29, 0.717) is 16.9 Å². The Labute approximate surface area is 120 Å². The predicted octanol–water partition coefficient (Wildman–Crippen LogP) is 4.10. The number of ether oxygens (including phenoxy) is 1. The number of aryl methyl sites for hydroxylation is 1. The molecule has 2 aromatic carbocycles. The lowest BCUT2D eigenvalue weighted by Crippen LogP contribution is -2.06. The quantitative estimate of drug-likeness (QED) is 0.924. The molecule has 0 radical (unpaired) electrons. The van der Waals surface area contributed by atoms with Crippen LogP contribution in [0, 0.1) is 6.92 Å². The molecule has 2 aromatic rings. The van der Waals surface area contributed by atoms with Crippen molar-refractivity contribution in [2.75, 3.05) is 7.11 Å². The highest BCUT2D eigenvalue weighted by Crippen LogP contribution is 2.32. The minimum absolute atomic E-state index is 0.397. The molecule has 0 aliphatic rings. The number of alkyl halides is 3. The van der Waals surface area contributed by atoms with Crippen molar-refractivity contribution >= 4 is 0 Å². The summed E-state index contributed by atoms with van der Waals surface area (Å²) in [6.45, 7) is 1.87. The summed E-state index contributed by atoms with van der Waals surface area (Å²) in [6, 6.07) is 9.67. The van der Waals surface area contributed by atoms with Gasteiger partial charge in [-0.1, -0.05) is 24.3 Å². The second kappa shape index (κ2) is 5.77. The zero-order valence-electron chi connectivity index (χ0n) is 11.6. The van der Waals surface area contributed by atoms with Gasteiger partial charge < -0.3 is 9.84 Å². The number of methoxy groups -OCH3 is 1. The first-order valence-corrected chi connectivity index (χ1v) is 6.32. The minimum atomic E-state index is -4.38. The first-order chi connectivity index (χ1) is 9.82. The van der Waals surface area contributed by atoms with Crippen molar-refractivity contribution in [3.05, 3.63) is 64.7 Å². The highest BCUT2D eigenvalue weighted by Gasteiger charge is 2.30. The average molecular weight is 296 g/mol. The maximum absolute atomic E-state index is 12.5. The van der Waals surface area contributed by atoms with Crippen molar-refractivity contribution in [2.45, 2.75) is 19.2 Å². The lowest BCUT2D eigenvalue weighted by Gasteiger charge is -2.15. The third-order valence-corrected chi connectivity index (χ3v) is 3.30. The average Bonchev–Trinajstić information content (AvgIpc) is 2.46. The highest BCUT2D eigenvalue weighted by molar-refractivity contribution is 5.40. The Morgan fingerprint density at radius 3 is 2.10 bits per heavy atom. The van der Waals surface area contributed by atoms with Crippen LogP contribution in [0.15, 0.2) is 42.5 Å². The summed E-state index contributed by atoms with van der Waals surface area (Å²) in [5.74, 6) is 0.624. The number of hydrogen-bond donors (Lipinski definition) is 1. The van der Waals surface area contributed by atoms with Gasteiger partial charge >= 0.3 is 6.18 Å². The van der Waals surface area contributed by atoms with Crippen molar-refractivity contribution in [3.63, 3.8) is 0 Å². The molecule has 112 valence electrons. The summed E-state index contributed by atoms with van der Waals surface area (Å²) in [4.78, 5) is 0. The van der Waals surface area contributed by atoms with Gasteiger partial charge in [-0.3, -0.25) is 0 Å². The molecule has 2 rings (SSSR count). The van der Waals surface area contributed by atoms with Gasteiger partial charge in [-0.05, 0) is 41.8 Å². The largest absolute Gasteiger partial charge is 0.496 e. The van der Waals surface area contributed by atoms with Gasteiger partial charge in [0.15, 0.2) is 0 Å². The van der Waals surface area contributed by atoms with Crippen LogP contribution in [0.3, 0.4) is 0 Å². The molecule has 0 saturated heterocycles. The lowest BCUT2D eigenvalue weighted by molar-refractivity contribution is -0.137. The molecule has 0 bridgehead atoms. The molecular weight excluding hydrogens is 281 g/mol. The summed E-state index contributed by atoms with van der Waals surface area (Å²) >= 11 is 0. The fraction of sp³-hybridized carbons (Fsp3) is 0.250. The van der Waals surface area contributed by atoms with Gasteiger partial charge in [0.25, 0.3) is 0 Å². The van der Waals surface area contributed by atoms with Gasteiger partial charge in [0.2, 0.25) is 0 Å². The molecule has 5 heteroatoms. The molecule has 0 saturated carbocycles. The van der Waals surface area contributed by atoms with Crippen molar-refractivity contribution in [1.29, 1.82) is 0 Å². The highest BCUT2D eigenvalue weighted by atomic mass is 19.4. The van der Waals surface area contributed by atoms with Gasteiger partial charge in [0.1, 0.15) is 11.9 Å². The Morgan fingerprint density at radius 2 is 1.57 bits per heavy atom. The van der Waals surface area contributed by atoms with Crippen LogP contribution in [0.5, 0.6) is 5.75 Å².